The first-order chi connectivity index (χ1) is 8.52. The molecule has 2 amide bonds. The molecule has 0 saturated heterocycles. The van der Waals surface area contributed by atoms with Gasteiger partial charge in [0, 0.05) is 13.4 Å². The molecule has 0 saturated carbocycles. The molecule has 0 atom stereocenters. The van der Waals surface area contributed by atoms with Crippen LogP contribution in [0.5, 0.6) is 0 Å². The largest absolute Gasteiger partial charge is 0.463 e. The van der Waals surface area contributed by atoms with Gasteiger partial charge in [0.15, 0.2) is 0 Å². The standard InChI is InChI=1S/C10H10N4O4/c1-11-13(9(15)16)7-5-3-4-6-8(7)14(12-2)10(17)18/h3-6H,1-2H2,(H,15,16)(H,17,18). The van der Waals surface area contributed by atoms with Gasteiger partial charge in [0.1, 0.15) is 0 Å². The molecule has 8 nitrogen and oxygen atoms in total. The van der Waals surface area contributed by atoms with E-state index >= 15 is 0 Å². The van der Waals surface area contributed by atoms with Crippen molar-refractivity contribution >= 4 is 37.0 Å². The minimum atomic E-state index is -1.40. The predicted molar refractivity (Wildman–Crippen MR) is 66.5 cm³/mol. The van der Waals surface area contributed by atoms with E-state index in [-0.39, 0.29) is 11.4 Å². The number of hydrogen-bond donors (Lipinski definition) is 2. The Bertz CT molecular complexity index is 457. The number of nitrogens with zero attached hydrogens (tertiary/aromatic N) is 4. The number of anilines is 2. The molecule has 0 heterocycles. The van der Waals surface area contributed by atoms with Crippen LogP contribution in [-0.2, 0) is 0 Å². The summed E-state index contributed by atoms with van der Waals surface area (Å²) < 4.78 is 0. The van der Waals surface area contributed by atoms with Crippen LogP contribution in [0.3, 0.4) is 0 Å². The number of hydrazone groups is 2. The maximum Gasteiger partial charge on any atom is 0.432 e. The summed E-state index contributed by atoms with van der Waals surface area (Å²) in [7, 11) is 0. The smallest absolute Gasteiger partial charge is 0.432 e. The lowest BCUT2D eigenvalue weighted by Crippen LogP contribution is -2.28. The van der Waals surface area contributed by atoms with E-state index in [0.29, 0.717) is 10.0 Å². The molecule has 2 N–H and O–H groups in total. The van der Waals surface area contributed by atoms with Crippen molar-refractivity contribution in [1.82, 2.24) is 0 Å². The highest BCUT2D eigenvalue weighted by molar-refractivity contribution is 5.96. The van der Waals surface area contributed by atoms with Crippen LogP contribution in [0.2, 0.25) is 0 Å². The fraction of sp³-hybridized carbons (Fsp3) is 0. The molecule has 0 unspecified atom stereocenters. The maximum absolute atomic E-state index is 10.9. The van der Waals surface area contributed by atoms with Crippen LogP contribution in [0.1, 0.15) is 0 Å². The molecule has 1 aromatic rings. The molecule has 0 bridgehead atoms. The van der Waals surface area contributed by atoms with Gasteiger partial charge in [-0.2, -0.15) is 20.2 Å². The van der Waals surface area contributed by atoms with Crippen molar-refractivity contribution < 1.29 is 19.8 Å². The number of hydrogen-bond acceptors (Lipinski definition) is 4. The van der Waals surface area contributed by atoms with E-state index in [1.165, 1.54) is 24.3 Å². The summed E-state index contributed by atoms with van der Waals surface area (Å²) >= 11 is 0. The molecule has 0 radical (unpaired) electrons. The number of carbonyl (C=O) groups is 2. The summed E-state index contributed by atoms with van der Waals surface area (Å²) in [6.07, 6.45) is -2.79. The molecule has 0 aliphatic rings. The molecule has 0 aromatic heterocycles. The first-order valence-corrected chi connectivity index (χ1v) is 4.61. The Hall–Kier alpha value is -2.90. The van der Waals surface area contributed by atoms with E-state index in [1.807, 2.05) is 0 Å². The van der Waals surface area contributed by atoms with Crippen LogP contribution in [-0.4, -0.2) is 35.8 Å². The van der Waals surface area contributed by atoms with Crippen LogP contribution in [0.15, 0.2) is 34.5 Å². The summed E-state index contributed by atoms with van der Waals surface area (Å²) in [5.41, 5.74) is 0.0181. The minimum Gasteiger partial charge on any atom is -0.463 e. The van der Waals surface area contributed by atoms with E-state index in [1.54, 1.807) is 0 Å². The number of rotatable bonds is 4. The second kappa shape index (κ2) is 5.43. The van der Waals surface area contributed by atoms with Crippen LogP contribution in [0.4, 0.5) is 21.0 Å². The number of carboxylic acid groups (broad SMARTS) is 2. The van der Waals surface area contributed by atoms with E-state index in [0.717, 1.165) is 0 Å². The molecule has 0 fully saturated rings. The molecule has 1 aromatic carbocycles. The van der Waals surface area contributed by atoms with Gasteiger partial charge in [-0.15, -0.1) is 0 Å². The first-order valence-electron chi connectivity index (χ1n) is 4.61. The Morgan fingerprint density at radius 3 is 1.50 bits per heavy atom. The fourth-order valence-corrected chi connectivity index (χ4v) is 1.30. The van der Waals surface area contributed by atoms with Crippen molar-refractivity contribution in [1.29, 1.82) is 0 Å². The lowest BCUT2D eigenvalue weighted by molar-refractivity contribution is 0.200. The third kappa shape index (κ3) is 2.43. The lowest BCUT2D eigenvalue weighted by Gasteiger charge is -2.20. The van der Waals surface area contributed by atoms with E-state index < -0.39 is 12.2 Å². The van der Waals surface area contributed by atoms with Gasteiger partial charge in [-0.25, -0.2) is 9.59 Å². The quantitative estimate of drug-likeness (QED) is 0.628. The summed E-state index contributed by atoms with van der Waals surface area (Å²) in [5, 5.41) is 25.5. The van der Waals surface area contributed by atoms with E-state index in [4.69, 9.17) is 10.2 Å². The summed E-state index contributed by atoms with van der Waals surface area (Å²) in [4.78, 5) is 21.9. The molecule has 1 rings (SSSR count). The lowest BCUT2D eigenvalue weighted by atomic mass is 10.2. The van der Waals surface area contributed by atoms with Crippen molar-refractivity contribution in [3.63, 3.8) is 0 Å². The molecular formula is C10H10N4O4. The number of benzene rings is 1. The van der Waals surface area contributed by atoms with Crippen LogP contribution < -0.4 is 10.0 Å². The zero-order valence-electron chi connectivity index (χ0n) is 9.22. The molecule has 0 spiro atoms. The zero-order valence-corrected chi connectivity index (χ0v) is 9.22. The van der Waals surface area contributed by atoms with Gasteiger partial charge in [0.25, 0.3) is 0 Å². The van der Waals surface area contributed by atoms with Gasteiger partial charge < -0.3 is 10.2 Å². The SMILES string of the molecule is C=NN(C(=O)O)c1ccccc1N(N=C)C(=O)O. The Balaban J connectivity index is 3.37. The Labute approximate surface area is 102 Å². The van der Waals surface area contributed by atoms with Crippen LogP contribution in [0, 0.1) is 0 Å². The van der Waals surface area contributed by atoms with E-state index in [9.17, 15) is 9.59 Å². The van der Waals surface area contributed by atoms with Crippen molar-refractivity contribution in [2.45, 2.75) is 0 Å². The Kier molecular flexibility index (Phi) is 3.98. The average molecular weight is 250 g/mol. The molecule has 0 aliphatic heterocycles. The number of amides is 2. The summed E-state index contributed by atoms with van der Waals surface area (Å²) in [5.74, 6) is 0. The van der Waals surface area contributed by atoms with Gasteiger partial charge >= 0.3 is 12.2 Å². The van der Waals surface area contributed by atoms with Crippen molar-refractivity contribution in [3.05, 3.63) is 24.3 Å². The third-order valence-corrected chi connectivity index (χ3v) is 1.98. The van der Waals surface area contributed by atoms with Crippen molar-refractivity contribution in [3.8, 4) is 0 Å². The Morgan fingerprint density at radius 1 is 0.944 bits per heavy atom. The monoisotopic (exact) mass is 250 g/mol. The minimum absolute atomic E-state index is 0.00907. The normalized spacial score (nSPS) is 9.33. The van der Waals surface area contributed by atoms with Crippen LogP contribution >= 0.6 is 0 Å². The van der Waals surface area contributed by atoms with Crippen LogP contribution in [0.25, 0.3) is 0 Å². The second-order valence-electron chi connectivity index (χ2n) is 2.96. The second-order valence-corrected chi connectivity index (χ2v) is 2.96. The maximum atomic E-state index is 10.9. The van der Waals surface area contributed by atoms with Gasteiger partial charge in [-0.3, -0.25) is 0 Å². The number of para-hydroxylation sites is 2. The molecule has 0 aliphatic carbocycles. The Morgan fingerprint density at radius 2 is 1.28 bits per heavy atom. The molecule has 8 heteroatoms. The first kappa shape index (κ1) is 13.2. The summed E-state index contributed by atoms with van der Waals surface area (Å²) in [6, 6.07) is 5.81. The zero-order chi connectivity index (χ0) is 13.7. The highest BCUT2D eigenvalue weighted by Gasteiger charge is 2.22. The average Bonchev–Trinajstić information content (AvgIpc) is 2.32. The highest BCUT2D eigenvalue weighted by atomic mass is 16.4. The molecule has 18 heavy (non-hydrogen) atoms. The van der Waals surface area contributed by atoms with E-state index in [2.05, 4.69) is 23.6 Å². The fourth-order valence-electron chi connectivity index (χ4n) is 1.30. The molecular weight excluding hydrogens is 240 g/mol. The summed E-state index contributed by atoms with van der Waals surface area (Å²) in [6.45, 7) is 6.23. The van der Waals surface area contributed by atoms with Crippen molar-refractivity contribution in [2.24, 2.45) is 10.2 Å². The van der Waals surface area contributed by atoms with Crippen molar-refractivity contribution in [2.75, 3.05) is 10.0 Å². The van der Waals surface area contributed by atoms with Gasteiger partial charge in [-0.05, 0) is 12.1 Å². The molecule has 94 valence electrons. The third-order valence-electron chi connectivity index (χ3n) is 1.98. The highest BCUT2D eigenvalue weighted by Crippen LogP contribution is 2.29. The van der Waals surface area contributed by atoms with Gasteiger partial charge in [-0.1, -0.05) is 12.1 Å². The predicted octanol–water partition coefficient (Wildman–Crippen LogP) is 1.89. The topological polar surface area (TPSA) is 106 Å². The van der Waals surface area contributed by atoms with Gasteiger partial charge in [0.2, 0.25) is 0 Å². The van der Waals surface area contributed by atoms with Gasteiger partial charge in [0.05, 0.1) is 11.4 Å².